The number of halogens is 1. The molecule has 0 atom stereocenters. The van der Waals surface area contributed by atoms with Crippen LogP contribution in [0.4, 0.5) is 4.79 Å². The maximum absolute atomic E-state index is 12.1. The lowest BCUT2D eigenvalue weighted by Gasteiger charge is -2.32. The number of nitrogens with two attached hydrogens (primary N) is 1. The van der Waals surface area contributed by atoms with Gasteiger partial charge in [-0.15, -0.1) is 0 Å². The average Bonchev–Trinajstić information content (AvgIpc) is 2.55. The lowest BCUT2D eigenvalue weighted by atomic mass is 9.95. The number of primary amides is 1. The average molecular weight is 382 g/mol. The fourth-order valence-electron chi connectivity index (χ4n) is 2.96. The smallest absolute Gasteiger partial charge is 0.333 e. The van der Waals surface area contributed by atoms with Crippen molar-refractivity contribution in [3.63, 3.8) is 0 Å². The molecule has 1 fully saturated rings. The molecular weight excluding hydrogens is 358 g/mol. The number of hydrogen-bond acceptors (Lipinski definition) is 2. The molecule has 0 bridgehead atoms. The Morgan fingerprint density at radius 2 is 1.83 bits per heavy atom. The zero-order valence-electron chi connectivity index (χ0n) is 13.3. The van der Waals surface area contributed by atoms with Gasteiger partial charge in [-0.05, 0) is 43.4 Å². The standard InChI is InChI=1S/C17H24BrN3O2/c18-14-11-9-13(10-12-14)5-4-8-16(22)20-21(17(19)23)15-6-2-1-3-7-15/h9-12,15H,1-8H2,(H2,19,23)(H,20,22). The summed E-state index contributed by atoms with van der Waals surface area (Å²) in [6, 6.07) is 7.54. The number of carbonyl (C=O) groups is 2. The van der Waals surface area contributed by atoms with Crippen LogP contribution in [-0.2, 0) is 11.2 Å². The molecule has 0 aromatic heterocycles. The highest BCUT2D eigenvalue weighted by atomic mass is 79.9. The van der Waals surface area contributed by atoms with E-state index in [0.717, 1.165) is 43.0 Å². The number of amides is 3. The molecule has 0 radical (unpaired) electrons. The molecule has 23 heavy (non-hydrogen) atoms. The van der Waals surface area contributed by atoms with Crippen molar-refractivity contribution in [1.82, 2.24) is 10.4 Å². The third kappa shape index (κ3) is 5.86. The van der Waals surface area contributed by atoms with Crippen molar-refractivity contribution in [1.29, 1.82) is 0 Å². The van der Waals surface area contributed by atoms with Crippen molar-refractivity contribution in [3.05, 3.63) is 34.3 Å². The summed E-state index contributed by atoms with van der Waals surface area (Å²) in [5.74, 6) is -0.147. The maximum Gasteiger partial charge on any atom is 0.333 e. The second-order valence-corrected chi connectivity index (χ2v) is 6.93. The summed E-state index contributed by atoms with van der Waals surface area (Å²) in [6.45, 7) is 0. The number of nitrogens with zero attached hydrogens (tertiary/aromatic N) is 1. The topological polar surface area (TPSA) is 75.4 Å². The Balaban J connectivity index is 1.77. The minimum Gasteiger partial charge on any atom is -0.350 e. The summed E-state index contributed by atoms with van der Waals surface area (Å²) in [6.07, 6.45) is 7.11. The molecule has 2 rings (SSSR count). The van der Waals surface area contributed by atoms with Crippen LogP contribution in [0.25, 0.3) is 0 Å². The number of nitrogens with one attached hydrogen (secondary N) is 1. The van der Waals surface area contributed by atoms with E-state index in [1.165, 1.54) is 17.0 Å². The van der Waals surface area contributed by atoms with Gasteiger partial charge in [0.1, 0.15) is 0 Å². The zero-order valence-corrected chi connectivity index (χ0v) is 14.8. The molecule has 3 N–H and O–H groups in total. The predicted octanol–water partition coefficient (Wildman–Crippen LogP) is 3.52. The lowest BCUT2D eigenvalue weighted by Crippen LogP contribution is -2.54. The van der Waals surface area contributed by atoms with E-state index in [2.05, 4.69) is 21.4 Å². The number of carbonyl (C=O) groups excluding carboxylic acids is 2. The molecule has 3 amide bonds. The van der Waals surface area contributed by atoms with Gasteiger partial charge < -0.3 is 5.73 Å². The number of aryl methyl sites for hydroxylation is 1. The van der Waals surface area contributed by atoms with Gasteiger partial charge in [0.05, 0.1) is 6.04 Å². The highest BCUT2D eigenvalue weighted by molar-refractivity contribution is 9.10. The van der Waals surface area contributed by atoms with Crippen LogP contribution in [0.5, 0.6) is 0 Å². The van der Waals surface area contributed by atoms with Crippen LogP contribution in [0.1, 0.15) is 50.5 Å². The molecular formula is C17H24BrN3O2. The van der Waals surface area contributed by atoms with Crippen molar-refractivity contribution in [2.75, 3.05) is 0 Å². The molecule has 0 heterocycles. The molecule has 0 spiro atoms. The van der Waals surface area contributed by atoms with E-state index < -0.39 is 6.03 Å². The van der Waals surface area contributed by atoms with Crippen molar-refractivity contribution >= 4 is 27.9 Å². The summed E-state index contributed by atoms with van der Waals surface area (Å²) in [5, 5.41) is 1.33. The van der Waals surface area contributed by atoms with Gasteiger partial charge in [-0.2, -0.15) is 0 Å². The fraction of sp³-hybridized carbons (Fsp3) is 0.529. The highest BCUT2D eigenvalue weighted by Gasteiger charge is 2.25. The molecule has 1 aliphatic carbocycles. The van der Waals surface area contributed by atoms with Gasteiger partial charge in [0.15, 0.2) is 0 Å². The molecule has 0 saturated heterocycles. The van der Waals surface area contributed by atoms with Crippen LogP contribution in [0.3, 0.4) is 0 Å². The molecule has 0 aliphatic heterocycles. The van der Waals surface area contributed by atoms with Crippen molar-refractivity contribution in [2.45, 2.75) is 57.4 Å². The van der Waals surface area contributed by atoms with Gasteiger partial charge in [0.25, 0.3) is 0 Å². The third-order valence-corrected chi connectivity index (χ3v) is 4.73. The summed E-state index contributed by atoms with van der Waals surface area (Å²) in [5.41, 5.74) is 9.31. The molecule has 1 aromatic carbocycles. The Morgan fingerprint density at radius 3 is 2.43 bits per heavy atom. The SMILES string of the molecule is NC(=O)N(NC(=O)CCCc1ccc(Br)cc1)C1CCCCC1. The van der Waals surface area contributed by atoms with Crippen LogP contribution in [0.15, 0.2) is 28.7 Å². The van der Waals surface area contributed by atoms with Crippen molar-refractivity contribution in [2.24, 2.45) is 5.73 Å². The van der Waals surface area contributed by atoms with E-state index >= 15 is 0 Å². The van der Waals surface area contributed by atoms with Crippen molar-refractivity contribution < 1.29 is 9.59 Å². The first-order valence-electron chi connectivity index (χ1n) is 8.19. The van der Waals surface area contributed by atoms with Crippen LogP contribution in [0.2, 0.25) is 0 Å². The number of urea groups is 1. The first kappa shape index (κ1) is 17.8. The van der Waals surface area contributed by atoms with Gasteiger partial charge >= 0.3 is 6.03 Å². The molecule has 0 unspecified atom stereocenters. The number of hydrogen-bond donors (Lipinski definition) is 2. The maximum atomic E-state index is 12.1. The first-order valence-corrected chi connectivity index (χ1v) is 8.98. The van der Waals surface area contributed by atoms with E-state index in [9.17, 15) is 9.59 Å². The number of rotatable bonds is 5. The lowest BCUT2D eigenvalue weighted by molar-refractivity contribution is -0.125. The van der Waals surface area contributed by atoms with Gasteiger partial charge in [0, 0.05) is 10.9 Å². The molecule has 5 nitrogen and oxygen atoms in total. The molecule has 1 aliphatic rings. The summed E-state index contributed by atoms with van der Waals surface area (Å²) in [7, 11) is 0. The zero-order chi connectivity index (χ0) is 16.7. The Bertz CT molecular complexity index is 527. The largest absolute Gasteiger partial charge is 0.350 e. The van der Waals surface area contributed by atoms with Gasteiger partial charge in [-0.1, -0.05) is 47.3 Å². The normalized spacial score (nSPS) is 15.2. The van der Waals surface area contributed by atoms with E-state index in [1.807, 2.05) is 24.3 Å². The van der Waals surface area contributed by atoms with Crippen molar-refractivity contribution in [3.8, 4) is 0 Å². The van der Waals surface area contributed by atoms with Gasteiger partial charge in [-0.3, -0.25) is 10.2 Å². The van der Waals surface area contributed by atoms with E-state index in [1.54, 1.807) is 0 Å². The van der Waals surface area contributed by atoms with E-state index in [4.69, 9.17) is 5.73 Å². The predicted molar refractivity (Wildman–Crippen MR) is 93.5 cm³/mol. The monoisotopic (exact) mass is 381 g/mol. The second-order valence-electron chi connectivity index (χ2n) is 6.02. The van der Waals surface area contributed by atoms with Crippen LogP contribution in [-0.4, -0.2) is 23.0 Å². The molecule has 1 saturated carbocycles. The molecule has 126 valence electrons. The quantitative estimate of drug-likeness (QED) is 0.765. The third-order valence-electron chi connectivity index (χ3n) is 4.20. The first-order chi connectivity index (χ1) is 11.1. The molecule has 6 heteroatoms. The Labute approximate surface area is 145 Å². The number of hydrazine groups is 1. The number of benzene rings is 1. The van der Waals surface area contributed by atoms with Gasteiger partial charge in [0.2, 0.25) is 5.91 Å². The van der Waals surface area contributed by atoms with Crippen LogP contribution in [0, 0.1) is 0 Å². The van der Waals surface area contributed by atoms with E-state index in [0.29, 0.717) is 6.42 Å². The Hall–Kier alpha value is -1.56. The van der Waals surface area contributed by atoms with E-state index in [-0.39, 0.29) is 11.9 Å². The summed E-state index contributed by atoms with van der Waals surface area (Å²) in [4.78, 5) is 23.7. The second kappa shape index (κ2) is 8.91. The molecule has 1 aromatic rings. The Kier molecular flexibility index (Phi) is 6.89. The minimum atomic E-state index is -0.571. The van der Waals surface area contributed by atoms with Crippen LogP contribution >= 0.6 is 15.9 Å². The van der Waals surface area contributed by atoms with Crippen LogP contribution < -0.4 is 11.2 Å². The minimum absolute atomic E-state index is 0.0386. The Morgan fingerprint density at radius 1 is 1.17 bits per heavy atom. The van der Waals surface area contributed by atoms with Gasteiger partial charge in [-0.25, -0.2) is 9.80 Å². The fourth-order valence-corrected chi connectivity index (χ4v) is 3.22. The highest BCUT2D eigenvalue weighted by Crippen LogP contribution is 2.21. The summed E-state index contributed by atoms with van der Waals surface area (Å²) >= 11 is 3.40. The summed E-state index contributed by atoms with van der Waals surface area (Å²) < 4.78 is 1.04.